The first kappa shape index (κ1) is 17.7. The third-order valence-corrected chi connectivity index (χ3v) is 4.95. The fourth-order valence-corrected chi connectivity index (χ4v) is 4.36. The van der Waals surface area contributed by atoms with Crippen molar-refractivity contribution in [3.8, 4) is 0 Å². The van der Waals surface area contributed by atoms with Crippen LogP contribution in [-0.4, -0.2) is 47.7 Å². The second-order valence-electron chi connectivity index (χ2n) is 8.65. The third kappa shape index (κ3) is 6.25. The quantitative estimate of drug-likeness (QED) is 0.819. The molecule has 1 aliphatic carbocycles. The van der Waals surface area contributed by atoms with E-state index in [9.17, 15) is 4.79 Å². The Morgan fingerprint density at radius 1 is 1.14 bits per heavy atom. The molecule has 0 aromatic heterocycles. The zero-order valence-electron chi connectivity index (χ0n) is 14.6. The van der Waals surface area contributed by atoms with Gasteiger partial charge in [0.15, 0.2) is 0 Å². The van der Waals surface area contributed by atoms with Gasteiger partial charge in [0.2, 0.25) is 0 Å². The van der Waals surface area contributed by atoms with E-state index in [1.54, 1.807) is 0 Å². The standard InChI is InChI=1S/C18H34N2O2/c1-18(2,3)10-14-9-16(12-20(11-14)13-17(21)22)19-15-7-5-4-6-8-15/h14-16,19H,4-13H2,1-3H3,(H,21,22). The number of aliphatic carboxylic acids is 1. The molecule has 22 heavy (non-hydrogen) atoms. The van der Waals surface area contributed by atoms with Crippen molar-refractivity contribution in [3.05, 3.63) is 0 Å². The fraction of sp³-hybridized carbons (Fsp3) is 0.944. The first-order valence-corrected chi connectivity index (χ1v) is 9.02. The number of rotatable bonds is 5. The maximum atomic E-state index is 11.1. The average Bonchev–Trinajstić information content (AvgIpc) is 2.36. The molecule has 1 saturated heterocycles. The van der Waals surface area contributed by atoms with Crippen molar-refractivity contribution in [1.29, 1.82) is 0 Å². The van der Waals surface area contributed by atoms with E-state index in [4.69, 9.17) is 5.11 Å². The number of carbonyl (C=O) groups is 1. The summed E-state index contributed by atoms with van der Waals surface area (Å²) in [5.41, 5.74) is 0.312. The number of hydrogen-bond acceptors (Lipinski definition) is 3. The Bertz CT molecular complexity index is 359. The topological polar surface area (TPSA) is 52.6 Å². The van der Waals surface area contributed by atoms with Crippen molar-refractivity contribution < 1.29 is 9.90 Å². The van der Waals surface area contributed by atoms with Crippen molar-refractivity contribution in [3.63, 3.8) is 0 Å². The molecule has 2 N–H and O–H groups in total. The van der Waals surface area contributed by atoms with Gasteiger partial charge in [0.05, 0.1) is 6.54 Å². The van der Waals surface area contributed by atoms with Gasteiger partial charge in [-0.15, -0.1) is 0 Å². The number of piperidine rings is 1. The molecule has 0 aromatic rings. The van der Waals surface area contributed by atoms with E-state index in [2.05, 4.69) is 31.0 Å². The first-order valence-electron chi connectivity index (χ1n) is 9.02. The molecule has 2 unspecified atom stereocenters. The zero-order chi connectivity index (χ0) is 16.2. The number of nitrogens with one attached hydrogen (secondary N) is 1. The lowest BCUT2D eigenvalue weighted by Crippen LogP contribution is -2.53. The molecule has 128 valence electrons. The molecule has 1 aliphatic heterocycles. The SMILES string of the molecule is CC(C)(C)CC1CC(NC2CCCCC2)CN(CC(=O)O)C1. The normalized spacial score (nSPS) is 28.7. The molecular weight excluding hydrogens is 276 g/mol. The Morgan fingerprint density at radius 3 is 2.41 bits per heavy atom. The van der Waals surface area contributed by atoms with Crippen LogP contribution in [-0.2, 0) is 4.79 Å². The first-order chi connectivity index (χ1) is 10.3. The molecule has 0 radical (unpaired) electrons. The van der Waals surface area contributed by atoms with Gasteiger partial charge in [-0.1, -0.05) is 40.0 Å². The van der Waals surface area contributed by atoms with Crippen LogP contribution in [0.1, 0.15) is 65.7 Å². The minimum atomic E-state index is -0.701. The van der Waals surface area contributed by atoms with Gasteiger partial charge in [0.1, 0.15) is 0 Å². The van der Waals surface area contributed by atoms with Crippen LogP contribution < -0.4 is 5.32 Å². The smallest absolute Gasteiger partial charge is 0.317 e. The lowest BCUT2D eigenvalue weighted by atomic mass is 9.79. The summed E-state index contributed by atoms with van der Waals surface area (Å²) in [6.45, 7) is 8.87. The molecule has 2 fully saturated rings. The van der Waals surface area contributed by atoms with Gasteiger partial charge in [-0.3, -0.25) is 9.69 Å². The fourth-order valence-electron chi connectivity index (χ4n) is 4.36. The van der Waals surface area contributed by atoms with Gasteiger partial charge in [-0.2, -0.15) is 0 Å². The highest BCUT2D eigenvalue weighted by molar-refractivity contribution is 5.69. The van der Waals surface area contributed by atoms with Crippen LogP contribution in [0.5, 0.6) is 0 Å². The molecule has 2 atom stereocenters. The maximum Gasteiger partial charge on any atom is 0.317 e. The van der Waals surface area contributed by atoms with Crippen molar-refractivity contribution >= 4 is 5.97 Å². The highest BCUT2D eigenvalue weighted by Gasteiger charge is 2.31. The van der Waals surface area contributed by atoms with Gasteiger partial charge >= 0.3 is 5.97 Å². The van der Waals surface area contributed by atoms with E-state index in [-0.39, 0.29) is 6.54 Å². The summed E-state index contributed by atoms with van der Waals surface area (Å²) in [4.78, 5) is 13.2. The Kier molecular flexibility index (Phi) is 6.27. The van der Waals surface area contributed by atoms with Crippen LogP contribution in [0.4, 0.5) is 0 Å². The Morgan fingerprint density at radius 2 is 1.82 bits per heavy atom. The third-order valence-electron chi connectivity index (χ3n) is 4.95. The predicted octanol–water partition coefficient (Wildman–Crippen LogP) is 3.12. The number of likely N-dealkylation sites (tertiary alicyclic amines) is 1. The molecule has 2 aliphatic rings. The van der Waals surface area contributed by atoms with Crippen LogP contribution in [0, 0.1) is 11.3 Å². The van der Waals surface area contributed by atoms with E-state index in [1.807, 2.05) is 0 Å². The van der Waals surface area contributed by atoms with E-state index < -0.39 is 5.97 Å². The number of carboxylic acid groups (broad SMARTS) is 1. The highest BCUT2D eigenvalue weighted by atomic mass is 16.4. The average molecular weight is 310 g/mol. The summed E-state index contributed by atoms with van der Waals surface area (Å²) in [6, 6.07) is 1.11. The van der Waals surface area contributed by atoms with Crippen molar-refractivity contribution in [2.75, 3.05) is 19.6 Å². The minimum absolute atomic E-state index is 0.184. The van der Waals surface area contributed by atoms with Gasteiger partial charge in [0.25, 0.3) is 0 Å². The Hall–Kier alpha value is -0.610. The second-order valence-corrected chi connectivity index (χ2v) is 8.65. The van der Waals surface area contributed by atoms with Crippen molar-refractivity contribution in [2.24, 2.45) is 11.3 Å². The van der Waals surface area contributed by atoms with Gasteiger partial charge in [-0.05, 0) is 37.0 Å². The molecule has 0 aromatic carbocycles. The Labute approximate surface area is 135 Å². The molecule has 0 amide bonds. The second kappa shape index (κ2) is 7.78. The van der Waals surface area contributed by atoms with Crippen LogP contribution in [0.25, 0.3) is 0 Å². The Balaban J connectivity index is 1.93. The molecule has 4 nitrogen and oxygen atoms in total. The summed E-state index contributed by atoms with van der Waals surface area (Å²) < 4.78 is 0. The molecular formula is C18H34N2O2. The molecule has 4 heteroatoms. The molecule has 1 heterocycles. The highest BCUT2D eigenvalue weighted by Crippen LogP contribution is 2.31. The van der Waals surface area contributed by atoms with Gasteiger partial charge in [0, 0.05) is 25.2 Å². The van der Waals surface area contributed by atoms with Crippen LogP contribution in [0.3, 0.4) is 0 Å². The summed E-state index contributed by atoms with van der Waals surface area (Å²) in [6.07, 6.45) is 9.01. The summed E-state index contributed by atoms with van der Waals surface area (Å²) >= 11 is 0. The van der Waals surface area contributed by atoms with Gasteiger partial charge < -0.3 is 10.4 Å². The lowest BCUT2D eigenvalue weighted by Gasteiger charge is -2.41. The van der Waals surface area contributed by atoms with E-state index in [0.717, 1.165) is 13.1 Å². The van der Waals surface area contributed by atoms with E-state index in [1.165, 1.54) is 44.9 Å². The predicted molar refractivity (Wildman–Crippen MR) is 90.1 cm³/mol. The largest absolute Gasteiger partial charge is 0.480 e. The van der Waals surface area contributed by atoms with Crippen LogP contribution in [0.15, 0.2) is 0 Å². The summed E-state index contributed by atoms with van der Waals surface area (Å²) in [5, 5.41) is 13.0. The maximum absolute atomic E-state index is 11.1. The molecule has 0 bridgehead atoms. The van der Waals surface area contributed by atoms with Crippen LogP contribution >= 0.6 is 0 Å². The van der Waals surface area contributed by atoms with Crippen molar-refractivity contribution in [1.82, 2.24) is 10.2 Å². The monoisotopic (exact) mass is 310 g/mol. The lowest BCUT2D eigenvalue weighted by molar-refractivity contribution is -0.138. The molecule has 1 saturated carbocycles. The minimum Gasteiger partial charge on any atom is -0.480 e. The molecule has 2 rings (SSSR count). The van der Waals surface area contributed by atoms with Crippen molar-refractivity contribution in [2.45, 2.75) is 77.8 Å². The van der Waals surface area contributed by atoms with Gasteiger partial charge in [-0.25, -0.2) is 0 Å². The molecule has 0 spiro atoms. The number of carboxylic acids is 1. The summed E-state index contributed by atoms with van der Waals surface area (Å²) in [7, 11) is 0. The zero-order valence-corrected chi connectivity index (χ0v) is 14.6. The van der Waals surface area contributed by atoms with E-state index in [0.29, 0.717) is 23.4 Å². The summed E-state index contributed by atoms with van der Waals surface area (Å²) in [5.74, 6) is -0.0954. The number of hydrogen-bond donors (Lipinski definition) is 2. The van der Waals surface area contributed by atoms with E-state index >= 15 is 0 Å². The number of nitrogens with zero attached hydrogens (tertiary/aromatic N) is 1. The van der Waals surface area contributed by atoms with Crippen LogP contribution in [0.2, 0.25) is 0 Å².